The first-order chi connectivity index (χ1) is 7.80. The van der Waals surface area contributed by atoms with Crippen LogP contribution in [0.2, 0.25) is 0 Å². The van der Waals surface area contributed by atoms with Gasteiger partial charge in [0, 0.05) is 13.7 Å². The molecule has 5 heteroatoms. The SMILES string of the molecule is COC1(CNC(=O)OC(C)(C)C)CC(CN)C1. The number of hydrogen-bond acceptors (Lipinski definition) is 4. The fourth-order valence-electron chi connectivity index (χ4n) is 2.09. The molecule has 0 aliphatic heterocycles. The molecule has 1 saturated carbocycles. The van der Waals surface area contributed by atoms with Crippen LogP contribution in [0.25, 0.3) is 0 Å². The first-order valence-electron chi connectivity index (χ1n) is 6.02. The molecule has 0 atom stereocenters. The lowest BCUT2D eigenvalue weighted by Gasteiger charge is -2.46. The van der Waals surface area contributed by atoms with Crippen molar-refractivity contribution in [3.05, 3.63) is 0 Å². The second-order valence-electron chi connectivity index (χ2n) is 5.75. The number of nitrogens with two attached hydrogens (primary N) is 1. The van der Waals surface area contributed by atoms with Gasteiger partial charge in [0.15, 0.2) is 0 Å². The van der Waals surface area contributed by atoms with Crippen LogP contribution in [0.3, 0.4) is 0 Å². The van der Waals surface area contributed by atoms with Crippen LogP contribution >= 0.6 is 0 Å². The summed E-state index contributed by atoms with van der Waals surface area (Å²) in [6, 6.07) is 0. The standard InChI is InChI=1S/C12H24N2O3/c1-11(2,3)17-10(15)14-8-12(16-4)5-9(6-12)7-13/h9H,5-8,13H2,1-4H3,(H,14,15). The Morgan fingerprint density at radius 3 is 2.47 bits per heavy atom. The first-order valence-corrected chi connectivity index (χ1v) is 6.02. The summed E-state index contributed by atoms with van der Waals surface area (Å²) in [7, 11) is 1.67. The highest BCUT2D eigenvalue weighted by Gasteiger charge is 2.44. The van der Waals surface area contributed by atoms with Crippen molar-refractivity contribution in [1.29, 1.82) is 0 Å². The van der Waals surface area contributed by atoms with Crippen LogP contribution in [0.1, 0.15) is 33.6 Å². The van der Waals surface area contributed by atoms with Crippen LogP contribution in [0, 0.1) is 5.92 Å². The fourth-order valence-corrected chi connectivity index (χ4v) is 2.09. The molecule has 1 rings (SSSR count). The van der Waals surface area contributed by atoms with Crippen molar-refractivity contribution in [3.63, 3.8) is 0 Å². The highest BCUT2D eigenvalue weighted by Crippen LogP contribution is 2.39. The van der Waals surface area contributed by atoms with Gasteiger partial charge in [-0.15, -0.1) is 0 Å². The normalized spacial score (nSPS) is 28.4. The summed E-state index contributed by atoms with van der Waals surface area (Å²) in [5, 5.41) is 2.75. The van der Waals surface area contributed by atoms with E-state index in [4.69, 9.17) is 15.2 Å². The van der Waals surface area contributed by atoms with E-state index in [1.807, 2.05) is 20.8 Å². The monoisotopic (exact) mass is 244 g/mol. The predicted molar refractivity (Wildman–Crippen MR) is 65.8 cm³/mol. The Morgan fingerprint density at radius 2 is 2.06 bits per heavy atom. The highest BCUT2D eigenvalue weighted by molar-refractivity contribution is 5.67. The van der Waals surface area contributed by atoms with Gasteiger partial charge in [-0.25, -0.2) is 4.79 Å². The van der Waals surface area contributed by atoms with Crippen molar-refractivity contribution < 1.29 is 14.3 Å². The molecule has 0 aromatic carbocycles. The van der Waals surface area contributed by atoms with E-state index in [1.165, 1.54) is 0 Å². The Hall–Kier alpha value is -0.810. The zero-order valence-electron chi connectivity index (χ0n) is 11.2. The van der Waals surface area contributed by atoms with E-state index in [0.29, 0.717) is 19.0 Å². The molecule has 1 amide bonds. The van der Waals surface area contributed by atoms with Crippen LogP contribution in [0.4, 0.5) is 4.79 Å². The van der Waals surface area contributed by atoms with Gasteiger partial charge in [0.2, 0.25) is 0 Å². The number of hydrogen-bond donors (Lipinski definition) is 2. The molecule has 1 fully saturated rings. The number of carbonyl (C=O) groups is 1. The molecular weight excluding hydrogens is 220 g/mol. The fraction of sp³-hybridized carbons (Fsp3) is 0.917. The molecule has 0 heterocycles. The average Bonchev–Trinajstić information content (AvgIpc) is 2.14. The number of rotatable bonds is 4. The molecular formula is C12H24N2O3. The van der Waals surface area contributed by atoms with Crippen LogP contribution in [-0.4, -0.2) is 37.5 Å². The van der Waals surface area contributed by atoms with Crippen molar-refractivity contribution in [2.75, 3.05) is 20.2 Å². The van der Waals surface area contributed by atoms with Gasteiger partial charge in [0.05, 0.1) is 5.60 Å². The van der Waals surface area contributed by atoms with Crippen LogP contribution in [-0.2, 0) is 9.47 Å². The number of nitrogens with one attached hydrogen (secondary N) is 1. The van der Waals surface area contributed by atoms with Crippen molar-refractivity contribution in [3.8, 4) is 0 Å². The smallest absolute Gasteiger partial charge is 0.407 e. The summed E-state index contributed by atoms with van der Waals surface area (Å²) in [5.74, 6) is 0.510. The van der Waals surface area contributed by atoms with Crippen molar-refractivity contribution in [1.82, 2.24) is 5.32 Å². The molecule has 0 aromatic rings. The minimum atomic E-state index is -0.469. The van der Waals surface area contributed by atoms with E-state index >= 15 is 0 Å². The number of alkyl carbamates (subject to hydrolysis) is 1. The third kappa shape index (κ3) is 4.16. The molecule has 3 N–H and O–H groups in total. The maximum atomic E-state index is 11.5. The Morgan fingerprint density at radius 1 is 1.47 bits per heavy atom. The third-order valence-electron chi connectivity index (χ3n) is 3.04. The molecule has 0 aromatic heterocycles. The average molecular weight is 244 g/mol. The quantitative estimate of drug-likeness (QED) is 0.781. The lowest BCUT2D eigenvalue weighted by Crippen LogP contribution is -2.55. The zero-order valence-corrected chi connectivity index (χ0v) is 11.2. The maximum absolute atomic E-state index is 11.5. The lowest BCUT2D eigenvalue weighted by atomic mass is 9.70. The molecule has 0 unspecified atom stereocenters. The van der Waals surface area contributed by atoms with Gasteiger partial charge in [-0.05, 0) is 46.1 Å². The summed E-state index contributed by atoms with van der Waals surface area (Å²) in [6.07, 6.45) is 1.40. The third-order valence-corrected chi connectivity index (χ3v) is 3.04. The van der Waals surface area contributed by atoms with E-state index in [9.17, 15) is 4.79 Å². The Bertz CT molecular complexity index is 267. The molecule has 100 valence electrons. The van der Waals surface area contributed by atoms with Gasteiger partial charge in [-0.1, -0.05) is 0 Å². The summed E-state index contributed by atoms with van der Waals surface area (Å²) in [6.45, 7) is 6.68. The van der Waals surface area contributed by atoms with E-state index in [1.54, 1.807) is 7.11 Å². The first kappa shape index (κ1) is 14.3. The second kappa shape index (κ2) is 5.23. The Labute approximate surface area is 103 Å². The number of carbonyl (C=O) groups excluding carboxylic acids is 1. The lowest BCUT2D eigenvalue weighted by molar-refractivity contribution is -0.0998. The minimum Gasteiger partial charge on any atom is -0.444 e. The largest absolute Gasteiger partial charge is 0.444 e. The molecule has 0 radical (unpaired) electrons. The van der Waals surface area contributed by atoms with Crippen LogP contribution < -0.4 is 11.1 Å². The number of ether oxygens (including phenoxy) is 2. The predicted octanol–water partition coefficient (Wildman–Crippen LogP) is 1.26. The van der Waals surface area contributed by atoms with Gasteiger partial charge in [0.25, 0.3) is 0 Å². The van der Waals surface area contributed by atoms with Crippen molar-refractivity contribution in [2.45, 2.75) is 44.8 Å². The molecule has 0 spiro atoms. The van der Waals surface area contributed by atoms with Gasteiger partial charge in [0.1, 0.15) is 5.60 Å². The maximum Gasteiger partial charge on any atom is 0.407 e. The van der Waals surface area contributed by atoms with Crippen molar-refractivity contribution >= 4 is 6.09 Å². The Kier molecular flexibility index (Phi) is 4.38. The van der Waals surface area contributed by atoms with Crippen molar-refractivity contribution in [2.24, 2.45) is 11.7 Å². The summed E-state index contributed by atoms with van der Waals surface area (Å²) < 4.78 is 10.6. The molecule has 1 aliphatic rings. The Balaban J connectivity index is 2.32. The number of methoxy groups -OCH3 is 1. The van der Waals surface area contributed by atoms with Gasteiger partial charge in [-0.2, -0.15) is 0 Å². The van der Waals surface area contributed by atoms with Gasteiger partial charge < -0.3 is 20.5 Å². The highest BCUT2D eigenvalue weighted by atomic mass is 16.6. The molecule has 17 heavy (non-hydrogen) atoms. The summed E-state index contributed by atoms with van der Waals surface area (Å²) in [5.41, 5.74) is 4.86. The second-order valence-corrected chi connectivity index (χ2v) is 5.75. The van der Waals surface area contributed by atoms with E-state index < -0.39 is 11.7 Å². The molecule has 0 saturated heterocycles. The van der Waals surface area contributed by atoms with E-state index in [-0.39, 0.29) is 5.60 Å². The van der Waals surface area contributed by atoms with Crippen LogP contribution in [0.5, 0.6) is 0 Å². The van der Waals surface area contributed by atoms with Gasteiger partial charge >= 0.3 is 6.09 Å². The topological polar surface area (TPSA) is 73.6 Å². The molecule has 5 nitrogen and oxygen atoms in total. The minimum absolute atomic E-state index is 0.249. The van der Waals surface area contributed by atoms with Crippen LogP contribution in [0.15, 0.2) is 0 Å². The zero-order chi connectivity index (χ0) is 13.1. The number of amides is 1. The summed E-state index contributed by atoms with van der Waals surface area (Å²) in [4.78, 5) is 11.5. The van der Waals surface area contributed by atoms with E-state index in [2.05, 4.69) is 5.32 Å². The van der Waals surface area contributed by atoms with E-state index in [0.717, 1.165) is 12.8 Å². The summed E-state index contributed by atoms with van der Waals surface area (Å²) >= 11 is 0. The van der Waals surface area contributed by atoms with Gasteiger partial charge in [-0.3, -0.25) is 0 Å². The molecule has 1 aliphatic carbocycles. The molecule has 0 bridgehead atoms.